The standard InChI is InChI=1S/C13H19ClN2O3S/c1-3-8-15-13(17)9-12(16-20(2,18)19)10-4-6-11(14)7-5-10/h4-7,12,16H,3,8-9H2,1-2H3,(H,15,17)/t12-/m1/s1. The van der Waals surface area contributed by atoms with Gasteiger partial charge in [-0.3, -0.25) is 4.79 Å². The van der Waals surface area contributed by atoms with Crippen LogP contribution in [-0.2, 0) is 14.8 Å². The molecule has 2 N–H and O–H groups in total. The summed E-state index contributed by atoms with van der Waals surface area (Å²) in [5, 5.41) is 3.29. The van der Waals surface area contributed by atoms with E-state index in [4.69, 9.17) is 11.6 Å². The Hall–Kier alpha value is -1.11. The van der Waals surface area contributed by atoms with Gasteiger partial charge in [-0.2, -0.15) is 0 Å². The fraction of sp³-hybridized carbons (Fsp3) is 0.462. The minimum Gasteiger partial charge on any atom is -0.356 e. The molecule has 1 aromatic rings. The fourth-order valence-electron chi connectivity index (χ4n) is 1.70. The van der Waals surface area contributed by atoms with Crippen molar-refractivity contribution in [3.05, 3.63) is 34.9 Å². The van der Waals surface area contributed by atoms with Crippen molar-refractivity contribution in [2.24, 2.45) is 0 Å². The third kappa shape index (κ3) is 6.36. The number of amides is 1. The molecular formula is C13H19ClN2O3S. The number of hydrogen-bond donors (Lipinski definition) is 2. The maximum absolute atomic E-state index is 11.8. The van der Waals surface area contributed by atoms with Crippen LogP contribution in [0.1, 0.15) is 31.4 Å². The van der Waals surface area contributed by atoms with Gasteiger partial charge >= 0.3 is 0 Å². The van der Waals surface area contributed by atoms with Gasteiger partial charge in [-0.25, -0.2) is 13.1 Å². The normalized spacial score (nSPS) is 12.9. The maximum Gasteiger partial charge on any atom is 0.221 e. The molecule has 1 amide bonds. The third-order valence-electron chi connectivity index (χ3n) is 2.59. The summed E-state index contributed by atoms with van der Waals surface area (Å²) >= 11 is 5.81. The molecule has 1 rings (SSSR count). The molecule has 0 aromatic heterocycles. The summed E-state index contributed by atoms with van der Waals surface area (Å²) in [4.78, 5) is 11.8. The second-order valence-corrected chi connectivity index (χ2v) is 6.76. The molecule has 0 aliphatic carbocycles. The van der Waals surface area contributed by atoms with Crippen molar-refractivity contribution in [2.75, 3.05) is 12.8 Å². The highest BCUT2D eigenvalue weighted by Crippen LogP contribution is 2.20. The number of rotatable bonds is 7. The van der Waals surface area contributed by atoms with Gasteiger partial charge in [0.2, 0.25) is 15.9 Å². The van der Waals surface area contributed by atoms with E-state index in [-0.39, 0.29) is 12.3 Å². The number of sulfonamides is 1. The van der Waals surface area contributed by atoms with Crippen molar-refractivity contribution in [2.45, 2.75) is 25.8 Å². The first-order chi connectivity index (χ1) is 9.31. The first kappa shape index (κ1) is 16.9. The number of nitrogens with one attached hydrogen (secondary N) is 2. The van der Waals surface area contributed by atoms with Crippen LogP contribution < -0.4 is 10.0 Å². The van der Waals surface area contributed by atoms with Crippen LogP contribution in [0, 0.1) is 0 Å². The molecule has 0 saturated carbocycles. The molecule has 0 spiro atoms. The zero-order chi connectivity index (χ0) is 15.2. The van der Waals surface area contributed by atoms with Crippen molar-refractivity contribution < 1.29 is 13.2 Å². The zero-order valence-electron chi connectivity index (χ0n) is 11.5. The molecule has 0 fully saturated rings. The lowest BCUT2D eigenvalue weighted by Gasteiger charge is -2.17. The van der Waals surface area contributed by atoms with Crippen LogP contribution in [0.5, 0.6) is 0 Å². The summed E-state index contributed by atoms with van der Waals surface area (Å²) in [6.07, 6.45) is 1.95. The summed E-state index contributed by atoms with van der Waals surface area (Å²) in [6.45, 7) is 2.52. The Morgan fingerprint density at radius 2 is 1.90 bits per heavy atom. The monoisotopic (exact) mass is 318 g/mol. The van der Waals surface area contributed by atoms with Gasteiger partial charge in [0.25, 0.3) is 0 Å². The maximum atomic E-state index is 11.8. The van der Waals surface area contributed by atoms with Crippen molar-refractivity contribution in [1.82, 2.24) is 10.0 Å². The van der Waals surface area contributed by atoms with Gasteiger partial charge in [0.1, 0.15) is 0 Å². The average molecular weight is 319 g/mol. The van der Waals surface area contributed by atoms with E-state index in [1.54, 1.807) is 24.3 Å². The Kier molecular flexibility index (Phi) is 6.45. The summed E-state index contributed by atoms with van der Waals surface area (Å²) in [7, 11) is -3.41. The molecule has 0 aliphatic rings. The van der Waals surface area contributed by atoms with E-state index in [2.05, 4.69) is 10.0 Å². The molecule has 5 nitrogen and oxygen atoms in total. The van der Waals surface area contributed by atoms with E-state index in [1.807, 2.05) is 6.92 Å². The van der Waals surface area contributed by atoms with Crippen LogP contribution in [0.15, 0.2) is 24.3 Å². The highest BCUT2D eigenvalue weighted by atomic mass is 35.5. The van der Waals surface area contributed by atoms with Crippen LogP contribution in [-0.4, -0.2) is 27.1 Å². The van der Waals surface area contributed by atoms with Crippen molar-refractivity contribution in [1.29, 1.82) is 0 Å². The van der Waals surface area contributed by atoms with Crippen LogP contribution in [0.4, 0.5) is 0 Å². The Bertz CT molecular complexity index is 543. The fourth-order valence-corrected chi connectivity index (χ4v) is 2.57. The second kappa shape index (κ2) is 7.61. The van der Waals surface area contributed by atoms with E-state index in [0.29, 0.717) is 17.1 Å². The lowest BCUT2D eigenvalue weighted by Crippen LogP contribution is -2.33. The third-order valence-corrected chi connectivity index (χ3v) is 3.56. The molecular weight excluding hydrogens is 300 g/mol. The van der Waals surface area contributed by atoms with Gasteiger partial charge in [0.05, 0.1) is 12.3 Å². The molecule has 7 heteroatoms. The minimum absolute atomic E-state index is 0.0503. The average Bonchev–Trinajstić information content (AvgIpc) is 2.35. The summed E-state index contributed by atoms with van der Waals surface area (Å²) in [5.41, 5.74) is 0.700. The Labute approximate surface area is 124 Å². The summed E-state index contributed by atoms with van der Waals surface area (Å²) in [5.74, 6) is -0.192. The molecule has 0 radical (unpaired) electrons. The van der Waals surface area contributed by atoms with Gasteiger partial charge in [0, 0.05) is 18.0 Å². The number of halogens is 1. The first-order valence-electron chi connectivity index (χ1n) is 6.31. The molecule has 0 aliphatic heterocycles. The summed E-state index contributed by atoms with van der Waals surface area (Å²) < 4.78 is 25.3. The molecule has 1 aromatic carbocycles. The molecule has 0 unspecified atom stereocenters. The Balaban J connectivity index is 2.85. The molecule has 1 atom stereocenters. The summed E-state index contributed by atoms with van der Waals surface area (Å²) in [6, 6.07) is 6.14. The van der Waals surface area contributed by atoms with E-state index in [1.165, 1.54) is 0 Å². The van der Waals surface area contributed by atoms with E-state index in [0.717, 1.165) is 12.7 Å². The predicted octanol–water partition coefficient (Wildman–Crippen LogP) is 1.85. The van der Waals surface area contributed by atoms with Crippen LogP contribution in [0.2, 0.25) is 5.02 Å². The molecule has 0 bridgehead atoms. The molecule has 0 heterocycles. The largest absolute Gasteiger partial charge is 0.356 e. The minimum atomic E-state index is -3.41. The van der Waals surface area contributed by atoms with E-state index in [9.17, 15) is 13.2 Å². The van der Waals surface area contributed by atoms with Gasteiger partial charge in [0.15, 0.2) is 0 Å². The van der Waals surface area contributed by atoms with Gasteiger partial charge in [-0.05, 0) is 24.1 Å². The smallest absolute Gasteiger partial charge is 0.221 e. The Morgan fingerprint density at radius 1 is 1.30 bits per heavy atom. The predicted molar refractivity (Wildman–Crippen MR) is 80.1 cm³/mol. The highest BCUT2D eigenvalue weighted by molar-refractivity contribution is 7.88. The van der Waals surface area contributed by atoms with Gasteiger partial charge < -0.3 is 5.32 Å². The van der Waals surface area contributed by atoms with Crippen LogP contribution in [0.25, 0.3) is 0 Å². The number of carbonyl (C=O) groups is 1. The van der Waals surface area contributed by atoms with Crippen molar-refractivity contribution >= 4 is 27.5 Å². The lowest BCUT2D eigenvalue weighted by atomic mass is 10.0. The topological polar surface area (TPSA) is 75.3 Å². The highest BCUT2D eigenvalue weighted by Gasteiger charge is 2.19. The van der Waals surface area contributed by atoms with Crippen LogP contribution in [0.3, 0.4) is 0 Å². The lowest BCUT2D eigenvalue weighted by molar-refractivity contribution is -0.121. The van der Waals surface area contributed by atoms with E-state index >= 15 is 0 Å². The van der Waals surface area contributed by atoms with Crippen molar-refractivity contribution in [3.8, 4) is 0 Å². The molecule has 112 valence electrons. The quantitative estimate of drug-likeness (QED) is 0.805. The second-order valence-electron chi connectivity index (χ2n) is 4.55. The van der Waals surface area contributed by atoms with Crippen molar-refractivity contribution in [3.63, 3.8) is 0 Å². The zero-order valence-corrected chi connectivity index (χ0v) is 13.1. The Morgan fingerprint density at radius 3 is 2.40 bits per heavy atom. The number of hydrogen-bond acceptors (Lipinski definition) is 3. The number of benzene rings is 1. The molecule has 20 heavy (non-hydrogen) atoms. The van der Waals surface area contributed by atoms with E-state index < -0.39 is 16.1 Å². The number of carbonyl (C=O) groups excluding carboxylic acids is 1. The van der Waals surface area contributed by atoms with Gasteiger partial charge in [-0.15, -0.1) is 0 Å². The molecule has 0 saturated heterocycles. The van der Waals surface area contributed by atoms with Gasteiger partial charge in [-0.1, -0.05) is 30.7 Å². The SMILES string of the molecule is CCCNC(=O)C[C@@H](NS(C)(=O)=O)c1ccc(Cl)cc1. The van der Waals surface area contributed by atoms with Crippen LogP contribution >= 0.6 is 11.6 Å². The first-order valence-corrected chi connectivity index (χ1v) is 8.58.